The summed E-state index contributed by atoms with van der Waals surface area (Å²) in [4.78, 5) is 14.9. The molecule has 1 aromatic heterocycles. The SMILES string of the molecule is COc1ccc(C2CCCN2C(=O)Cc2[nH]nc3ccccc23)cc1. The molecule has 1 aliphatic rings. The minimum absolute atomic E-state index is 0.146. The van der Waals surface area contributed by atoms with Gasteiger partial charge in [0.1, 0.15) is 5.75 Å². The van der Waals surface area contributed by atoms with Gasteiger partial charge in [0.25, 0.3) is 0 Å². The number of likely N-dealkylation sites (tertiary alicyclic amines) is 1. The first-order valence-electron chi connectivity index (χ1n) is 8.61. The average Bonchev–Trinajstić information content (AvgIpc) is 3.29. The second kappa shape index (κ2) is 6.59. The molecule has 1 amide bonds. The van der Waals surface area contributed by atoms with E-state index in [2.05, 4.69) is 22.3 Å². The normalized spacial score (nSPS) is 17.2. The Labute approximate surface area is 146 Å². The summed E-state index contributed by atoms with van der Waals surface area (Å²) in [6, 6.07) is 16.1. The lowest BCUT2D eigenvalue weighted by Gasteiger charge is -2.25. The molecule has 5 nitrogen and oxygen atoms in total. The number of para-hydroxylation sites is 1. The lowest BCUT2D eigenvalue weighted by atomic mass is 10.0. The zero-order chi connectivity index (χ0) is 17.2. The zero-order valence-electron chi connectivity index (χ0n) is 14.2. The number of amides is 1. The van der Waals surface area contributed by atoms with E-state index in [-0.39, 0.29) is 11.9 Å². The molecule has 1 atom stereocenters. The van der Waals surface area contributed by atoms with E-state index in [0.29, 0.717) is 6.42 Å². The number of aromatic nitrogens is 2. The number of hydrogen-bond acceptors (Lipinski definition) is 3. The Hall–Kier alpha value is -2.82. The highest BCUT2D eigenvalue weighted by Gasteiger charge is 2.30. The topological polar surface area (TPSA) is 58.2 Å². The molecule has 4 rings (SSSR count). The third-order valence-corrected chi connectivity index (χ3v) is 4.94. The molecular weight excluding hydrogens is 314 g/mol. The van der Waals surface area contributed by atoms with Crippen LogP contribution in [0, 0.1) is 0 Å². The Kier molecular flexibility index (Phi) is 4.14. The molecule has 0 saturated carbocycles. The van der Waals surface area contributed by atoms with Gasteiger partial charge in [-0.25, -0.2) is 0 Å². The molecule has 0 spiro atoms. The molecule has 1 N–H and O–H groups in total. The molecule has 25 heavy (non-hydrogen) atoms. The van der Waals surface area contributed by atoms with Crippen LogP contribution >= 0.6 is 0 Å². The van der Waals surface area contributed by atoms with Gasteiger partial charge < -0.3 is 9.64 Å². The first-order chi connectivity index (χ1) is 12.3. The highest BCUT2D eigenvalue weighted by molar-refractivity contribution is 5.87. The predicted molar refractivity (Wildman–Crippen MR) is 96.5 cm³/mol. The Balaban J connectivity index is 1.54. The van der Waals surface area contributed by atoms with Crippen molar-refractivity contribution in [3.05, 3.63) is 59.8 Å². The lowest BCUT2D eigenvalue weighted by Crippen LogP contribution is -2.32. The summed E-state index contributed by atoms with van der Waals surface area (Å²) < 4.78 is 5.23. The van der Waals surface area contributed by atoms with Crippen LogP contribution in [0.1, 0.15) is 30.1 Å². The van der Waals surface area contributed by atoms with Crippen LogP contribution < -0.4 is 4.74 Å². The summed E-state index contributed by atoms with van der Waals surface area (Å²) in [6.45, 7) is 0.807. The van der Waals surface area contributed by atoms with Crippen LogP contribution in [-0.2, 0) is 11.2 Å². The number of methoxy groups -OCH3 is 1. The number of aromatic amines is 1. The van der Waals surface area contributed by atoms with E-state index in [4.69, 9.17) is 4.74 Å². The van der Waals surface area contributed by atoms with Gasteiger partial charge in [-0.3, -0.25) is 9.89 Å². The first-order valence-corrected chi connectivity index (χ1v) is 8.61. The van der Waals surface area contributed by atoms with E-state index in [1.807, 2.05) is 41.3 Å². The number of H-pyrrole nitrogens is 1. The summed E-state index contributed by atoms with van der Waals surface area (Å²) in [7, 11) is 1.66. The molecule has 0 aliphatic carbocycles. The van der Waals surface area contributed by atoms with Gasteiger partial charge in [0, 0.05) is 11.9 Å². The summed E-state index contributed by atoms with van der Waals surface area (Å²) in [5.41, 5.74) is 2.96. The molecule has 1 aliphatic heterocycles. The molecule has 2 heterocycles. The maximum atomic E-state index is 12.9. The van der Waals surface area contributed by atoms with Gasteiger partial charge in [-0.1, -0.05) is 30.3 Å². The summed E-state index contributed by atoms with van der Waals surface area (Å²) in [6.07, 6.45) is 2.39. The van der Waals surface area contributed by atoms with Crippen molar-refractivity contribution in [3.63, 3.8) is 0 Å². The van der Waals surface area contributed by atoms with Gasteiger partial charge in [0.2, 0.25) is 5.91 Å². The van der Waals surface area contributed by atoms with Gasteiger partial charge in [-0.15, -0.1) is 0 Å². The molecule has 0 radical (unpaired) electrons. The van der Waals surface area contributed by atoms with Gasteiger partial charge in [0.05, 0.1) is 30.8 Å². The van der Waals surface area contributed by atoms with Gasteiger partial charge in [0.15, 0.2) is 0 Å². The maximum absolute atomic E-state index is 12.9. The van der Waals surface area contributed by atoms with Crippen LogP contribution in [0.15, 0.2) is 48.5 Å². The molecule has 1 saturated heterocycles. The van der Waals surface area contributed by atoms with Crippen molar-refractivity contribution in [2.45, 2.75) is 25.3 Å². The monoisotopic (exact) mass is 335 g/mol. The highest BCUT2D eigenvalue weighted by Crippen LogP contribution is 2.33. The quantitative estimate of drug-likeness (QED) is 0.794. The van der Waals surface area contributed by atoms with Crippen LogP contribution in [0.5, 0.6) is 5.75 Å². The van der Waals surface area contributed by atoms with Crippen LogP contribution in [-0.4, -0.2) is 34.7 Å². The first kappa shape index (κ1) is 15.7. The molecule has 128 valence electrons. The molecule has 1 unspecified atom stereocenters. The average molecular weight is 335 g/mol. The number of hydrogen-bond donors (Lipinski definition) is 1. The van der Waals surface area contributed by atoms with Crippen molar-refractivity contribution < 1.29 is 9.53 Å². The van der Waals surface area contributed by atoms with Crippen LogP contribution in [0.4, 0.5) is 0 Å². The van der Waals surface area contributed by atoms with E-state index >= 15 is 0 Å². The van der Waals surface area contributed by atoms with Crippen LogP contribution in [0.3, 0.4) is 0 Å². The van der Waals surface area contributed by atoms with E-state index in [1.54, 1.807) is 7.11 Å². The molecule has 3 aromatic rings. The standard InChI is InChI=1S/C20H21N3O2/c1-25-15-10-8-14(9-11-15)19-7-4-12-23(19)20(24)13-18-16-5-2-3-6-17(16)21-22-18/h2-3,5-6,8-11,19H,4,7,12-13H2,1H3,(H,21,22). The second-order valence-corrected chi connectivity index (χ2v) is 6.41. The van der Waals surface area contributed by atoms with Gasteiger partial charge >= 0.3 is 0 Å². The number of carbonyl (C=O) groups excluding carboxylic acids is 1. The number of ether oxygens (including phenoxy) is 1. The molecule has 0 bridgehead atoms. The van der Waals surface area contributed by atoms with Crippen molar-refractivity contribution >= 4 is 16.8 Å². The highest BCUT2D eigenvalue weighted by atomic mass is 16.5. The third-order valence-electron chi connectivity index (χ3n) is 4.94. The van der Waals surface area contributed by atoms with E-state index in [9.17, 15) is 4.79 Å². The number of nitrogens with one attached hydrogen (secondary N) is 1. The smallest absolute Gasteiger partial charge is 0.229 e. The summed E-state index contributed by atoms with van der Waals surface area (Å²) in [5.74, 6) is 0.983. The van der Waals surface area contributed by atoms with Gasteiger partial charge in [-0.2, -0.15) is 5.10 Å². The van der Waals surface area contributed by atoms with Crippen molar-refractivity contribution in [2.75, 3.05) is 13.7 Å². The maximum Gasteiger partial charge on any atom is 0.229 e. The number of nitrogens with zero attached hydrogens (tertiary/aromatic N) is 2. The fourth-order valence-electron chi connectivity index (χ4n) is 3.64. The van der Waals surface area contributed by atoms with Crippen molar-refractivity contribution in [1.82, 2.24) is 15.1 Å². The van der Waals surface area contributed by atoms with Crippen molar-refractivity contribution in [2.24, 2.45) is 0 Å². The van der Waals surface area contributed by atoms with Crippen LogP contribution in [0.25, 0.3) is 10.9 Å². The summed E-state index contributed by atoms with van der Waals surface area (Å²) >= 11 is 0. The van der Waals surface area contributed by atoms with E-state index in [0.717, 1.165) is 41.7 Å². The molecule has 2 aromatic carbocycles. The minimum Gasteiger partial charge on any atom is -0.497 e. The number of rotatable bonds is 4. The second-order valence-electron chi connectivity index (χ2n) is 6.41. The molecule has 1 fully saturated rings. The Bertz CT molecular complexity index is 885. The number of fused-ring (bicyclic) bond motifs is 1. The van der Waals surface area contributed by atoms with E-state index < -0.39 is 0 Å². The van der Waals surface area contributed by atoms with Crippen molar-refractivity contribution in [3.8, 4) is 5.75 Å². The minimum atomic E-state index is 0.146. The fourth-order valence-corrected chi connectivity index (χ4v) is 3.64. The lowest BCUT2D eigenvalue weighted by molar-refractivity contribution is -0.131. The number of benzene rings is 2. The predicted octanol–water partition coefficient (Wildman–Crippen LogP) is 3.48. The number of carbonyl (C=O) groups is 1. The van der Waals surface area contributed by atoms with Crippen molar-refractivity contribution in [1.29, 1.82) is 0 Å². The largest absolute Gasteiger partial charge is 0.497 e. The van der Waals surface area contributed by atoms with Gasteiger partial charge in [-0.05, 0) is 36.6 Å². The Morgan fingerprint density at radius 3 is 2.84 bits per heavy atom. The molecular formula is C20H21N3O2. The third kappa shape index (κ3) is 2.97. The summed E-state index contributed by atoms with van der Waals surface area (Å²) in [5, 5.41) is 8.33. The zero-order valence-corrected chi connectivity index (χ0v) is 14.2. The van der Waals surface area contributed by atoms with E-state index in [1.165, 1.54) is 5.56 Å². The molecule has 5 heteroatoms. The van der Waals surface area contributed by atoms with Crippen LogP contribution in [0.2, 0.25) is 0 Å². The Morgan fingerprint density at radius 2 is 2.04 bits per heavy atom. The fraction of sp³-hybridized carbons (Fsp3) is 0.300. The Morgan fingerprint density at radius 1 is 1.24 bits per heavy atom.